The smallest absolute Gasteiger partial charge is 0.141 e. The SMILES string of the molecule is CC(C)(C)c1nn(Cc2ccc(Cl)cc2)c(N)c1Cl. The number of benzene rings is 1. The van der Waals surface area contributed by atoms with E-state index >= 15 is 0 Å². The second-order valence-electron chi connectivity index (χ2n) is 5.58. The zero-order valence-electron chi connectivity index (χ0n) is 11.2. The maximum absolute atomic E-state index is 6.26. The Morgan fingerprint density at radius 3 is 2.21 bits per heavy atom. The Hall–Kier alpha value is -1.19. The lowest BCUT2D eigenvalue weighted by Crippen LogP contribution is -2.13. The van der Waals surface area contributed by atoms with Crippen molar-refractivity contribution in [3.8, 4) is 0 Å². The van der Waals surface area contributed by atoms with E-state index in [1.165, 1.54) is 0 Å². The van der Waals surface area contributed by atoms with Crippen LogP contribution in [0, 0.1) is 0 Å². The van der Waals surface area contributed by atoms with Crippen LogP contribution >= 0.6 is 23.2 Å². The van der Waals surface area contributed by atoms with Crippen LogP contribution in [0.25, 0.3) is 0 Å². The number of aromatic nitrogens is 2. The summed E-state index contributed by atoms with van der Waals surface area (Å²) in [5.74, 6) is 0.501. The van der Waals surface area contributed by atoms with Crippen LogP contribution in [0.15, 0.2) is 24.3 Å². The number of hydrogen-bond donors (Lipinski definition) is 1. The Labute approximate surface area is 123 Å². The van der Waals surface area contributed by atoms with Gasteiger partial charge >= 0.3 is 0 Å². The van der Waals surface area contributed by atoms with E-state index in [4.69, 9.17) is 28.9 Å². The van der Waals surface area contributed by atoms with Crippen LogP contribution in [0.1, 0.15) is 32.0 Å². The minimum atomic E-state index is -0.129. The van der Waals surface area contributed by atoms with Crippen molar-refractivity contribution in [3.63, 3.8) is 0 Å². The van der Waals surface area contributed by atoms with Gasteiger partial charge in [0.15, 0.2) is 0 Å². The van der Waals surface area contributed by atoms with Crippen molar-refractivity contribution >= 4 is 29.0 Å². The standard InChI is InChI=1S/C14H17Cl2N3/c1-14(2,3)12-11(16)13(17)19(18-12)8-9-4-6-10(15)7-5-9/h4-7H,8,17H2,1-3H3. The molecule has 0 spiro atoms. The molecule has 2 aromatic rings. The summed E-state index contributed by atoms with van der Waals surface area (Å²) in [6.07, 6.45) is 0. The molecule has 0 aliphatic carbocycles. The van der Waals surface area contributed by atoms with Crippen LogP contribution in [-0.4, -0.2) is 9.78 Å². The van der Waals surface area contributed by atoms with Gasteiger partial charge in [0.05, 0.1) is 12.2 Å². The Morgan fingerprint density at radius 2 is 1.74 bits per heavy atom. The van der Waals surface area contributed by atoms with Gasteiger partial charge in [0.1, 0.15) is 10.8 Å². The number of nitrogens with zero attached hydrogens (tertiary/aromatic N) is 2. The number of halogens is 2. The molecule has 0 fully saturated rings. The van der Waals surface area contributed by atoms with Gasteiger partial charge in [-0.25, -0.2) is 4.68 Å². The first-order valence-electron chi connectivity index (χ1n) is 6.06. The fraction of sp³-hybridized carbons (Fsp3) is 0.357. The van der Waals surface area contributed by atoms with Gasteiger partial charge in [0.2, 0.25) is 0 Å². The second-order valence-corrected chi connectivity index (χ2v) is 6.40. The monoisotopic (exact) mass is 297 g/mol. The van der Waals surface area contributed by atoms with E-state index in [9.17, 15) is 0 Å². The summed E-state index contributed by atoms with van der Waals surface area (Å²) in [4.78, 5) is 0. The van der Waals surface area contributed by atoms with Gasteiger partial charge in [0, 0.05) is 10.4 Å². The van der Waals surface area contributed by atoms with Gasteiger partial charge in [0.25, 0.3) is 0 Å². The molecule has 1 aromatic carbocycles. The molecule has 0 aliphatic heterocycles. The highest BCUT2D eigenvalue weighted by Crippen LogP contribution is 2.32. The molecule has 0 aliphatic rings. The van der Waals surface area contributed by atoms with E-state index < -0.39 is 0 Å². The van der Waals surface area contributed by atoms with Crippen LogP contribution in [-0.2, 0) is 12.0 Å². The zero-order chi connectivity index (χ0) is 14.2. The summed E-state index contributed by atoms with van der Waals surface area (Å²) in [6, 6.07) is 7.61. The van der Waals surface area contributed by atoms with Crippen LogP contribution in [0.5, 0.6) is 0 Å². The third-order valence-corrected chi connectivity index (χ3v) is 3.51. The lowest BCUT2D eigenvalue weighted by atomic mass is 9.92. The first-order chi connectivity index (χ1) is 8.79. The predicted octanol–water partition coefficient (Wildman–Crippen LogP) is 4.12. The minimum Gasteiger partial charge on any atom is -0.383 e. The highest BCUT2D eigenvalue weighted by Gasteiger charge is 2.24. The number of hydrogen-bond acceptors (Lipinski definition) is 2. The molecule has 2 rings (SSSR count). The van der Waals surface area contributed by atoms with Crippen molar-refractivity contribution in [2.45, 2.75) is 32.7 Å². The molecular weight excluding hydrogens is 281 g/mol. The van der Waals surface area contributed by atoms with E-state index in [0.717, 1.165) is 11.3 Å². The summed E-state index contributed by atoms with van der Waals surface area (Å²) in [5, 5.41) is 5.78. The maximum Gasteiger partial charge on any atom is 0.141 e. The zero-order valence-corrected chi connectivity index (χ0v) is 12.8. The van der Waals surface area contributed by atoms with E-state index in [1.54, 1.807) is 4.68 Å². The highest BCUT2D eigenvalue weighted by molar-refractivity contribution is 6.33. The van der Waals surface area contributed by atoms with E-state index in [1.807, 2.05) is 24.3 Å². The quantitative estimate of drug-likeness (QED) is 0.906. The summed E-state index contributed by atoms with van der Waals surface area (Å²) < 4.78 is 1.73. The van der Waals surface area contributed by atoms with Crippen molar-refractivity contribution in [2.75, 3.05) is 5.73 Å². The molecule has 0 unspecified atom stereocenters. The van der Waals surface area contributed by atoms with Gasteiger partial charge in [-0.05, 0) is 17.7 Å². The third-order valence-electron chi connectivity index (χ3n) is 2.89. The average Bonchev–Trinajstić information content (AvgIpc) is 2.60. The minimum absolute atomic E-state index is 0.129. The van der Waals surface area contributed by atoms with Crippen LogP contribution in [0.4, 0.5) is 5.82 Å². The fourth-order valence-electron chi connectivity index (χ4n) is 1.82. The highest BCUT2D eigenvalue weighted by atomic mass is 35.5. The lowest BCUT2D eigenvalue weighted by Gasteiger charge is -2.15. The Bertz CT molecular complexity index is 580. The van der Waals surface area contributed by atoms with Crippen LogP contribution in [0.3, 0.4) is 0 Å². The van der Waals surface area contributed by atoms with Gasteiger partial charge in [-0.2, -0.15) is 5.10 Å². The number of nitrogens with two attached hydrogens (primary N) is 1. The van der Waals surface area contributed by atoms with Gasteiger partial charge in [-0.3, -0.25) is 0 Å². The van der Waals surface area contributed by atoms with Crippen molar-refractivity contribution in [2.24, 2.45) is 0 Å². The van der Waals surface area contributed by atoms with Crippen molar-refractivity contribution in [1.82, 2.24) is 9.78 Å². The first kappa shape index (κ1) is 14.2. The molecule has 19 heavy (non-hydrogen) atoms. The van der Waals surface area contributed by atoms with Crippen LogP contribution in [0.2, 0.25) is 10.0 Å². The normalized spacial score (nSPS) is 11.8. The molecule has 5 heteroatoms. The molecular formula is C14H17Cl2N3. The van der Waals surface area contributed by atoms with Gasteiger partial charge in [-0.1, -0.05) is 56.1 Å². The van der Waals surface area contributed by atoms with E-state index in [2.05, 4.69) is 25.9 Å². The molecule has 3 nitrogen and oxygen atoms in total. The summed E-state index contributed by atoms with van der Waals surface area (Å²) in [6.45, 7) is 6.77. The molecule has 0 atom stereocenters. The molecule has 0 bridgehead atoms. The molecule has 0 amide bonds. The topological polar surface area (TPSA) is 43.8 Å². The number of anilines is 1. The molecule has 0 saturated heterocycles. The number of nitrogen functional groups attached to an aromatic ring is 1. The van der Waals surface area contributed by atoms with Crippen LogP contribution < -0.4 is 5.73 Å². The number of rotatable bonds is 2. The third kappa shape index (κ3) is 3.04. The van der Waals surface area contributed by atoms with Gasteiger partial charge in [-0.15, -0.1) is 0 Å². The van der Waals surface area contributed by atoms with Crippen molar-refractivity contribution in [3.05, 3.63) is 45.6 Å². The Balaban J connectivity index is 2.34. The van der Waals surface area contributed by atoms with Crippen molar-refractivity contribution < 1.29 is 0 Å². The summed E-state index contributed by atoms with van der Waals surface area (Å²) >= 11 is 12.1. The summed E-state index contributed by atoms with van der Waals surface area (Å²) in [7, 11) is 0. The average molecular weight is 298 g/mol. The largest absolute Gasteiger partial charge is 0.383 e. The van der Waals surface area contributed by atoms with Gasteiger partial charge < -0.3 is 5.73 Å². The van der Waals surface area contributed by atoms with Crippen molar-refractivity contribution in [1.29, 1.82) is 0 Å². The lowest BCUT2D eigenvalue weighted by molar-refractivity contribution is 0.546. The fourth-order valence-corrected chi connectivity index (χ4v) is 2.36. The first-order valence-corrected chi connectivity index (χ1v) is 6.81. The Kier molecular flexibility index (Phi) is 3.79. The predicted molar refractivity (Wildman–Crippen MR) is 80.9 cm³/mol. The molecule has 0 saturated carbocycles. The molecule has 1 heterocycles. The second kappa shape index (κ2) is 5.06. The molecule has 1 aromatic heterocycles. The van der Waals surface area contributed by atoms with E-state index in [0.29, 0.717) is 22.4 Å². The molecule has 0 radical (unpaired) electrons. The molecule has 102 valence electrons. The Morgan fingerprint density at radius 1 is 1.16 bits per heavy atom. The van der Waals surface area contributed by atoms with E-state index in [-0.39, 0.29) is 5.41 Å². The summed E-state index contributed by atoms with van der Waals surface area (Å²) in [5.41, 5.74) is 7.79. The maximum atomic E-state index is 6.26. The molecule has 2 N–H and O–H groups in total.